The fourth-order valence-corrected chi connectivity index (χ4v) is 5.14. The van der Waals surface area contributed by atoms with Gasteiger partial charge in [-0.3, -0.25) is 14.5 Å². The summed E-state index contributed by atoms with van der Waals surface area (Å²) in [6.07, 6.45) is -1.99. The van der Waals surface area contributed by atoms with E-state index in [9.17, 15) is 27.2 Å². The molecule has 0 unspecified atom stereocenters. The van der Waals surface area contributed by atoms with Gasteiger partial charge in [-0.25, -0.2) is 4.39 Å². The van der Waals surface area contributed by atoms with Crippen molar-refractivity contribution in [3.05, 3.63) is 35.3 Å². The van der Waals surface area contributed by atoms with Crippen molar-refractivity contribution in [3.8, 4) is 0 Å². The van der Waals surface area contributed by atoms with Gasteiger partial charge in [-0.05, 0) is 50.3 Å². The molecule has 3 N–H and O–H groups in total. The molecule has 7 nitrogen and oxygen atoms in total. The number of halogens is 4. The van der Waals surface area contributed by atoms with Crippen LogP contribution in [0.2, 0.25) is 0 Å². The van der Waals surface area contributed by atoms with Crippen molar-refractivity contribution in [2.45, 2.75) is 56.9 Å². The Balaban J connectivity index is 1.42. The molecule has 186 valence electrons. The van der Waals surface area contributed by atoms with Crippen LogP contribution in [-0.4, -0.2) is 82.2 Å². The van der Waals surface area contributed by atoms with Crippen LogP contribution in [0, 0.1) is 12.7 Å². The van der Waals surface area contributed by atoms with E-state index >= 15 is 0 Å². The van der Waals surface area contributed by atoms with Gasteiger partial charge in [0.2, 0.25) is 5.91 Å². The summed E-state index contributed by atoms with van der Waals surface area (Å²) in [6, 6.07) is 2.08. The number of H-pyrrole nitrogens is 1. The van der Waals surface area contributed by atoms with Gasteiger partial charge in [0, 0.05) is 37.1 Å². The number of aliphatic hydroxyl groups is 1. The Morgan fingerprint density at radius 3 is 2.68 bits per heavy atom. The summed E-state index contributed by atoms with van der Waals surface area (Å²) in [5, 5.41) is 12.3. The van der Waals surface area contributed by atoms with Crippen LogP contribution in [0.1, 0.15) is 41.7 Å². The Morgan fingerprint density at radius 1 is 1.24 bits per heavy atom. The van der Waals surface area contributed by atoms with Crippen LogP contribution in [0.15, 0.2) is 18.2 Å². The Labute approximate surface area is 194 Å². The van der Waals surface area contributed by atoms with Crippen LogP contribution in [0.3, 0.4) is 0 Å². The molecular formula is C23H28F4N4O3. The standard InChI is InChI=1S/C23H28F4N4O3/c1-13-5-6-17(24)16-10-18(29-21(13)16)22(34)28-14-3-2-4-15(9-14)30-7-8-31(20(33)12-32)19(11-30)23(25,26)27/h5-6,10,14-15,19,29,32H,2-4,7-9,11-12H2,1H3,(H,28,34)/t14-,15-,19+/m1/s1. The van der Waals surface area contributed by atoms with E-state index in [1.165, 1.54) is 12.1 Å². The minimum atomic E-state index is -4.60. The largest absolute Gasteiger partial charge is 0.410 e. The van der Waals surface area contributed by atoms with Crippen molar-refractivity contribution < 1.29 is 32.3 Å². The van der Waals surface area contributed by atoms with Gasteiger partial charge in [0.05, 0.1) is 5.52 Å². The Morgan fingerprint density at radius 2 is 2.00 bits per heavy atom. The van der Waals surface area contributed by atoms with Gasteiger partial charge in [-0.2, -0.15) is 13.2 Å². The highest BCUT2D eigenvalue weighted by molar-refractivity contribution is 5.99. The Bertz CT molecular complexity index is 1030. The molecule has 0 spiro atoms. The van der Waals surface area contributed by atoms with E-state index in [0.29, 0.717) is 35.1 Å². The van der Waals surface area contributed by atoms with E-state index in [-0.39, 0.29) is 43.3 Å². The number of aliphatic hydroxyl groups excluding tert-OH is 1. The summed E-state index contributed by atoms with van der Waals surface area (Å²) in [5.74, 6) is -1.74. The first kappa shape index (κ1) is 24.5. The molecule has 1 aromatic heterocycles. The Kier molecular flexibility index (Phi) is 6.86. The monoisotopic (exact) mass is 484 g/mol. The quantitative estimate of drug-likeness (QED) is 0.583. The summed E-state index contributed by atoms with van der Waals surface area (Å²) in [5.41, 5.74) is 1.60. The minimum absolute atomic E-state index is 0.114. The highest BCUT2D eigenvalue weighted by atomic mass is 19.4. The molecule has 2 amide bonds. The highest BCUT2D eigenvalue weighted by Gasteiger charge is 2.49. The SMILES string of the molecule is Cc1ccc(F)c2cc(C(=O)N[C@@H]3CCC[C@@H](N4CCN(C(=O)CO)[C@H](C(F)(F)F)C4)C3)[nH]c12. The molecular weight excluding hydrogens is 456 g/mol. The van der Waals surface area contributed by atoms with Crippen LogP contribution < -0.4 is 5.32 Å². The smallest absolute Gasteiger partial charge is 0.387 e. The van der Waals surface area contributed by atoms with E-state index in [1.807, 2.05) is 6.92 Å². The van der Waals surface area contributed by atoms with E-state index in [2.05, 4.69) is 10.3 Å². The summed E-state index contributed by atoms with van der Waals surface area (Å²) in [6.45, 7) is 0.650. The number of nitrogens with zero attached hydrogens (tertiary/aromatic N) is 2. The number of fused-ring (bicyclic) bond motifs is 1. The fourth-order valence-electron chi connectivity index (χ4n) is 5.14. The van der Waals surface area contributed by atoms with Crippen LogP contribution in [-0.2, 0) is 4.79 Å². The molecule has 2 aliphatic rings. The lowest BCUT2D eigenvalue weighted by Crippen LogP contribution is -2.63. The summed E-state index contributed by atoms with van der Waals surface area (Å²) >= 11 is 0. The second kappa shape index (κ2) is 9.53. The first-order valence-electron chi connectivity index (χ1n) is 11.4. The topological polar surface area (TPSA) is 88.7 Å². The van der Waals surface area contributed by atoms with Crippen molar-refractivity contribution in [1.29, 1.82) is 0 Å². The predicted molar refractivity (Wildman–Crippen MR) is 117 cm³/mol. The van der Waals surface area contributed by atoms with Crippen molar-refractivity contribution in [1.82, 2.24) is 20.1 Å². The van der Waals surface area contributed by atoms with Gasteiger partial charge in [-0.15, -0.1) is 0 Å². The zero-order valence-electron chi connectivity index (χ0n) is 18.8. The number of alkyl halides is 3. The number of amides is 2. The van der Waals surface area contributed by atoms with Gasteiger partial charge >= 0.3 is 6.18 Å². The molecule has 3 atom stereocenters. The van der Waals surface area contributed by atoms with Crippen LogP contribution in [0.25, 0.3) is 10.9 Å². The summed E-state index contributed by atoms with van der Waals surface area (Å²) in [7, 11) is 0. The number of benzene rings is 1. The predicted octanol–water partition coefficient (Wildman–Crippen LogP) is 2.72. The molecule has 0 radical (unpaired) electrons. The average molecular weight is 484 g/mol. The number of nitrogens with one attached hydrogen (secondary N) is 2. The minimum Gasteiger partial charge on any atom is -0.387 e. The third-order valence-electron chi connectivity index (χ3n) is 6.94. The van der Waals surface area contributed by atoms with Crippen molar-refractivity contribution in [2.75, 3.05) is 26.2 Å². The normalized spacial score (nSPS) is 24.4. The zero-order valence-corrected chi connectivity index (χ0v) is 18.8. The molecule has 2 fully saturated rings. The molecule has 1 aliphatic carbocycles. The molecule has 34 heavy (non-hydrogen) atoms. The van der Waals surface area contributed by atoms with Crippen molar-refractivity contribution >= 4 is 22.7 Å². The molecule has 2 aromatic rings. The lowest BCUT2D eigenvalue weighted by atomic mass is 9.89. The third kappa shape index (κ3) is 4.90. The number of rotatable bonds is 4. The number of carbonyl (C=O) groups is 2. The highest BCUT2D eigenvalue weighted by Crippen LogP contribution is 2.32. The molecule has 11 heteroatoms. The van der Waals surface area contributed by atoms with Gasteiger partial charge in [0.25, 0.3) is 5.91 Å². The van der Waals surface area contributed by atoms with E-state index in [4.69, 9.17) is 5.11 Å². The molecule has 0 bridgehead atoms. The van der Waals surface area contributed by atoms with E-state index < -0.39 is 30.5 Å². The molecule has 1 aromatic carbocycles. The van der Waals surface area contributed by atoms with Gasteiger partial charge in [0.1, 0.15) is 24.2 Å². The second-order valence-electron chi connectivity index (χ2n) is 9.12. The zero-order chi connectivity index (χ0) is 24.6. The van der Waals surface area contributed by atoms with E-state index in [1.54, 1.807) is 11.0 Å². The first-order chi connectivity index (χ1) is 16.1. The van der Waals surface area contributed by atoms with Crippen molar-refractivity contribution in [3.63, 3.8) is 0 Å². The lowest BCUT2D eigenvalue weighted by molar-refractivity contribution is -0.204. The summed E-state index contributed by atoms with van der Waals surface area (Å²) in [4.78, 5) is 30.0. The van der Waals surface area contributed by atoms with Crippen LogP contribution in [0.4, 0.5) is 17.6 Å². The second-order valence-corrected chi connectivity index (χ2v) is 9.12. The van der Waals surface area contributed by atoms with Crippen molar-refractivity contribution in [2.24, 2.45) is 0 Å². The molecule has 1 saturated carbocycles. The summed E-state index contributed by atoms with van der Waals surface area (Å²) < 4.78 is 55.0. The van der Waals surface area contributed by atoms with Crippen LogP contribution in [0.5, 0.6) is 0 Å². The molecule has 1 aliphatic heterocycles. The lowest BCUT2D eigenvalue weighted by Gasteiger charge is -2.46. The van der Waals surface area contributed by atoms with E-state index in [0.717, 1.165) is 12.0 Å². The number of hydrogen-bond donors (Lipinski definition) is 3. The maximum Gasteiger partial charge on any atom is 0.410 e. The van der Waals surface area contributed by atoms with Gasteiger partial charge in [0.15, 0.2) is 0 Å². The number of piperazine rings is 1. The fraction of sp³-hybridized carbons (Fsp3) is 0.565. The number of hydrogen-bond acceptors (Lipinski definition) is 4. The molecule has 2 heterocycles. The maximum atomic E-state index is 14.1. The number of aryl methyl sites for hydroxylation is 1. The number of carbonyl (C=O) groups excluding carboxylic acids is 2. The Hall–Kier alpha value is -2.66. The third-order valence-corrected chi connectivity index (χ3v) is 6.94. The van der Waals surface area contributed by atoms with Gasteiger partial charge < -0.3 is 20.3 Å². The molecule has 1 saturated heterocycles. The number of aromatic amines is 1. The van der Waals surface area contributed by atoms with Crippen LogP contribution >= 0.6 is 0 Å². The molecule has 4 rings (SSSR count). The maximum absolute atomic E-state index is 14.1. The number of aromatic nitrogens is 1. The average Bonchev–Trinajstić information content (AvgIpc) is 3.27. The van der Waals surface area contributed by atoms with Gasteiger partial charge in [-0.1, -0.05) is 6.07 Å². The first-order valence-corrected chi connectivity index (χ1v) is 11.4.